The van der Waals surface area contributed by atoms with E-state index < -0.39 is 0 Å². The monoisotopic (exact) mass is 169 g/mol. The Morgan fingerprint density at radius 2 is 2.36 bits per heavy atom. The minimum absolute atomic E-state index is 0.119. The SMILES string of the molecule is CCc1[nH]ccc(=O)c1SC. The molecule has 1 heterocycles. The zero-order valence-corrected chi connectivity index (χ0v) is 7.49. The molecular weight excluding hydrogens is 158 g/mol. The molecule has 0 unspecified atom stereocenters. The van der Waals surface area contributed by atoms with Crippen molar-refractivity contribution in [2.24, 2.45) is 0 Å². The Hall–Kier alpha value is -0.700. The first-order valence-electron chi connectivity index (χ1n) is 3.54. The van der Waals surface area contributed by atoms with Crippen LogP contribution in [0.2, 0.25) is 0 Å². The van der Waals surface area contributed by atoms with Crippen LogP contribution in [-0.2, 0) is 6.42 Å². The average Bonchev–Trinajstić information content (AvgIpc) is 2.04. The van der Waals surface area contributed by atoms with Gasteiger partial charge in [0.25, 0.3) is 0 Å². The van der Waals surface area contributed by atoms with Crippen molar-refractivity contribution in [2.45, 2.75) is 18.2 Å². The van der Waals surface area contributed by atoms with Crippen molar-refractivity contribution < 1.29 is 0 Å². The Labute approximate surface area is 70.0 Å². The minimum Gasteiger partial charge on any atom is -0.364 e. The standard InChI is InChI=1S/C8H11NOS/c1-3-6-8(11-2)7(10)4-5-9-6/h4-5H,3H2,1-2H3,(H,9,10). The normalized spacial score (nSPS) is 10.0. The smallest absolute Gasteiger partial charge is 0.195 e. The molecule has 1 aromatic rings. The van der Waals surface area contributed by atoms with Gasteiger partial charge in [-0.1, -0.05) is 6.92 Å². The first-order valence-corrected chi connectivity index (χ1v) is 4.76. The van der Waals surface area contributed by atoms with Gasteiger partial charge in [-0.05, 0) is 12.7 Å². The quantitative estimate of drug-likeness (QED) is 0.683. The molecule has 0 spiro atoms. The zero-order valence-electron chi connectivity index (χ0n) is 6.68. The fourth-order valence-electron chi connectivity index (χ4n) is 0.994. The van der Waals surface area contributed by atoms with E-state index in [0.29, 0.717) is 0 Å². The van der Waals surface area contributed by atoms with E-state index in [1.54, 1.807) is 12.3 Å². The van der Waals surface area contributed by atoms with Crippen molar-refractivity contribution in [2.75, 3.05) is 6.26 Å². The molecule has 0 aliphatic carbocycles. The summed E-state index contributed by atoms with van der Waals surface area (Å²) in [6, 6.07) is 1.56. The van der Waals surface area contributed by atoms with Gasteiger partial charge in [-0.3, -0.25) is 4.79 Å². The Morgan fingerprint density at radius 3 is 2.82 bits per heavy atom. The molecule has 0 fully saturated rings. The average molecular weight is 169 g/mol. The second kappa shape index (κ2) is 3.62. The molecule has 2 nitrogen and oxygen atoms in total. The summed E-state index contributed by atoms with van der Waals surface area (Å²) in [6.07, 6.45) is 4.50. The maximum Gasteiger partial charge on any atom is 0.195 e. The van der Waals surface area contributed by atoms with Gasteiger partial charge in [-0.25, -0.2) is 0 Å². The van der Waals surface area contributed by atoms with Crippen molar-refractivity contribution >= 4 is 11.8 Å². The highest BCUT2D eigenvalue weighted by atomic mass is 32.2. The fourth-order valence-corrected chi connectivity index (χ4v) is 1.71. The van der Waals surface area contributed by atoms with E-state index in [1.807, 2.05) is 13.2 Å². The third kappa shape index (κ3) is 1.66. The van der Waals surface area contributed by atoms with Crippen LogP contribution in [0.5, 0.6) is 0 Å². The minimum atomic E-state index is 0.119. The van der Waals surface area contributed by atoms with Crippen molar-refractivity contribution in [1.29, 1.82) is 0 Å². The summed E-state index contributed by atoms with van der Waals surface area (Å²) in [7, 11) is 0. The van der Waals surface area contributed by atoms with Crippen molar-refractivity contribution in [3.63, 3.8) is 0 Å². The van der Waals surface area contributed by atoms with Crippen LogP contribution in [-0.4, -0.2) is 11.2 Å². The van der Waals surface area contributed by atoms with Crippen LogP contribution in [0.4, 0.5) is 0 Å². The molecule has 1 N–H and O–H groups in total. The van der Waals surface area contributed by atoms with Gasteiger partial charge in [-0.2, -0.15) is 0 Å². The fraction of sp³-hybridized carbons (Fsp3) is 0.375. The number of hydrogen-bond donors (Lipinski definition) is 1. The van der Waals surface area contributed by atoms with Crippen LogP contribution in [0.25, 0.3) is 0 Å². The number of hydrogen-bond acceptors (Lipinski definition) is 2. The lowest BCUT2D eigenvalue weighted by atomic mass is 10.3. The first kappa shape index (κ1) is 8.40. The number of aromatic amines is 1. The highest BCUT2D eigenvalue weighted by Gasteiger charge is 2.01. The molecule has 0 aliphatic heterocycles. The lowest BCUT2D eigenvalue weighted by Crippen LogP contribution is -2.06. The number of aromatic nitrogens is 1. The highest BCUT2D eigenvalue weighted by Crippen LogP contribution is 2.12. The van der Waals surface area contributed by atoms with Crippen LogP contribution in [0, 0.1) is 0 Å². The van der Waals surface area contributed by atoms with E-state index in [0.717, 1.165) is 17.0 Å². The van der Waals surface area contributed by atoms with E-state index in [4.69, 9.17) is 0 Å². The van der Waals surface area contributed by atoms with Gasteiger partial charge in [0.15, 0.2) is 5.43 Å². The molecule has 0 bridgehead atoms. The summed E-state index contributed by atoms with van der Waals surface area (Å²) >= 11 is 1.50. The second-order valence-corrected chi connectivity index (χ2v) is 3.02. The summed E-state index contributed by atoms with van der Waals surface area (Å²) < 4.78 is 0. The van der Waals surface area contributed by atoms with Crippen molar-refractivity contribution in [3.05, 3.63) is 28.2 Å². The van der Waals surface area contributed by atoms with Gasteiger partial charge in [0, 0.05) is 18.0 Å². The summed E-state index contributed by atoms with van der Waals surface area (Å²) in [6.45, 7) is 2.03. The lowest BCUT2D eigenvalue weighted by Gasteiger charge is -2.01. The topological polar surface area (TPSA) is 32.9 Å². The molecule has 1 aromatic heterocycles. The molecule has 11 heavy (non-hydrogen) atoms. The molecular formula is C8H11NOS. The number of aryl methyl sites for hydroxylation is 1. The molecule has 3 heteroatoms. The molecule has 0 amide bonds. The van der Waals surface area contributed by atoms with Crippen molar-refractivity contribution in [3.8, 4) is 0 Å². The van der Waals surface area contributed by atoms with E-state index in [-0.39, 0.29) is 5.43 Å². The summed E-state index contributed by atoms with van der Waals surface area (Å²) in [4.78, 5) is 15.1. The third-order valence-electron chi connectivity index (χ3n) is 1.55. The van der Waals surface area contributed by atoms with E-state index in [9.17, 15) is 4.79 Å². The molecule has 0 aliphatic rings. The van der Waals surface area contributed by atoms with Crippen LogP contribution in [0.15, 0.2) is 22.0 Å². The van der Waals surface area contributed by atoms with E-state index in [2.05, 4.69) is 4.98 Å². The predicted molar refractivity (Wildman–Crippen MR) is 48.2 cm³/mol. The lowest BCUT2D eigenvalue weighted by molar-refractivity contribution is 0.967. The molecule has 60 valence electrons. The van der Waals surface area contributed by atoms with E-state index in [1.165, 1.54) is 11.8 Å². The van der Waals surface area contributed by atoms with Gasteiger partial charge in [0.2, 0.25) is 0 Å². The number of nitrogens with one attached hydrogen (secondary N) is 1. The van der Waals surface area contributed by atoms with Gasteiger partial charge < -0.3 is 4.98 Å². The van der Waals surface area contributed by atoms with Crippen molar-refractivity contribution in [1.82, 2.24) is 4.98 Å². The Balaban J connectivity index is 3.24. The van der Waals surface area contributed by atoms with Crippen LogP contribution in [0.1, 0.15) is 12.6 Å². The second-order valence-electron chi connectivity index (χ2n) is 2.21. The summed E-state index contributed by atoms with van der Waals surface area (Å²) in [5.41, 5.74) is 1.15. The maximum absolute atomic E-state index is 11.2. The van der Waals surface area contributed by atoms with E-state index >= 15 is 0 Å². The number of thioether (sulfide) groups is 1. The molecule has 0 saturated heterocycles. The maximum atomic E-state index is 11.2. The van der Waals surface area contributed by atoms with Gasteiger partial charge in [0.1, 0.15) is 0 Å². The Kier molecular flexibility index (Phi) is 2.76. The molecule has 1 rings (SSSR count). The molecule has 0 aromatic carbocycles. The van der Waals surface area contributed by atoms with Gasteiger partial charge >= 0.3 is 0 Å². The number of rotatable bonds is 2. The number of pyridine rings is 1. The molecule has 0 radical (unpaired) electrons. The summed E-state index contributed by atoms with van der Waals surface area (Å²) in [5.74, 6) is 0. The first-order chi connectivity index (χ1) is 5.29. The highest BCUT2D eigenvalue weighted by molar-refractivity contribution is 7.98. The largest absolute Gasteiger partial charge is 0.364 e. The van der Waals surface area contributed by atoms with Crippen LogP contribution in [0.3, 0.4) is 0 Å². The number of H-pyrrole nitrogens is 1. The predicted octanol–water partition coefficient (Wildman–Crippen LogP) is 1.66. The van der Waals surface area contributed by atoms with Crippen LogP contribution < -0.4 is 5.43 Å². The zero-order chi connectivity index (χ0) is 8.27. The van der Waals surface area contributed by atoms with Gasteiger partial charge in [0.05, 0.1) is 4.90 Å². The Morgan fingerprint density at radius 1 is 1.64 bits per heavy atom. The van der Waals surface area contributed by atoms with Crippen LogP contribution >= 0.6 is 11.8 Å². The Bertz CT molecular complexity index is 292. The summed E-state index contributed by atoms with van der Waals surface area (Å²) in [5, 5.41) is 0. The molecule has 0 saturated carbocycles. The molecule has 0 atom stereocenters. The third-order valence-corrected chi connectivity index (χ3v) is 2.40. The van der Waals surface area contributed by atoms with Gasteiger partial charge in [-0.15, -0.1) is 11.8 Å².